The van der Waals surface area contributed by atoms with E-state index in [1.807, 2.05) is 24.4 Å². The molecule has 1 aromatic heterocycles. The van der Waals surface area contributed by atoms with Crippen molar-refractivity contribution in [3.05, 3.63) is 76.0 Å². The van der Waals surface area contributed by atoms with Crippen molar-refractivity contribution in [3.8, 4) is 11.4 Å². The van der Waals surface area contributed by atoms with E-state index in [4.69, 9.17) is 21.1 Å². The monoisotopic (exact) mass is 420 g/mol. The molecule has 7 heteroatoms. The molecule has 0 amide bonds. The molecule has 0 radical (unpaired) electrons. The zero-order valence-corrected chi connectivity index (χ0v) is 15.4. The Kier molecular flexibility index (Phi) is 5.73. The molecule has 0 spiro atoms. The number of halogens is 2. The number of nitrogens with zero attached hydrogens (tertiary/aromatic N) is 2. The van der Waals surface area contributed by atoms with Crippen molar-refractivity contribution in [3.63, 3.8) is 0 Å². The van der Waals surface area contributed by atoms with Gasteiger partial charge in [0.25, 0.3) is 0 Å². The van der Waals surface area contributed by atoms with Gasteiger partial charge >= 0.3 is 5.97 Å². The fourth-order valence-electron chi connectivity index (χ4n) is 2.13. The molecule has 0 unspecified atom stereocenters. The third kappa shape index (κ3) is 4.61. The van der Waals surface area contributed by atoms with Crippen molar-refractivity contribution in [1.29, 1.82) is 0 Å². The van der Waals surface area contributed by atoms with Gasteiger partial charge in [-0.3, -0.25) is 0 Å². The Hall–Kier alpha value is -2.31. The molecule has 0 aliphatic rings. The van der Waals surface area contributed by atoms with Crippen LogP contribution >= 0.6 is 27.5 Å². The Bertz CT molecular complexity index is 851. The molecule has 0 bridgehead atoms. The zero-order chi connectivity index (χ0) is 17.6. The van der Waals surface area contributed by atoms with E-state index in [2.05, 4.69) is 21.0 Å². The van der Waals surface area contributed by atoms with E-state index in [1.54, 1.807) is 41.2 Å². The molecule has 5 nitrogen and oxygen atoms in total. The first-order valence-corrected chi connectivity index (χ1v) is 8.65. The third-order valence-electron chi connectivity index (χ3n) is 3.34. The third-order valence-corrected chi connectivity index (χ3v) is 4.19. The predicted molar refractivity (Wildman–Crippen MR) is 98.5 cm³/mol. The zero-order valence-electron chi connectivity index (χ0n) is 13.1. The van der Waals surface area contributed by atoms with Gasteiger partial charge < -0.3 is 9.47 Å². The SMILES string of the molecule is O=C(OCCOc1ccc(Cl)cc1Br)c1ccc(-n2cccn2)cc1. The fourth-order valence-corrected chi connectivity index (χ4v) is 2.93. The number of benzene rings is 2. The molecule has 2 aromatic carbocycles. The number of esters is 1. The number of carbonyl (C=O) groups is 1. The van der Waals surface area contributed by atoms with Crippen LogP contribution in [0, 0.1) is 0 Å². The highest BCUT2D eigenvalue weighted by Crippen LogP contribution is 2.27. The maximum Gasteiger partial charge on any atom is 0.338 e. The van der Waals surface area contributed by atoms with Crippen LogP contribution in [0.5, 0.6) is 5.75 Å². The Morgan fingerprint density at radius 1 is 1.16 bits per heavy atom. The van der Waals surface area contributed by atoms with Gasteiger partial charge in [0, 0.05) is 17.4 Å². The van der Waals surface area contributed by atoms with E-state index in [9.17, 15) is 4.79 Å². The first-order chi connectivity index (χ1) is 12.1. The molecule has 0 saturated carbocycles. The molecular weight excluding hydrogens is 408 g/mol. The van der Waals surface area contributed by atoms with Crippen LogP contribution in [-0.2, 0) is 4.74 Å². The average Bonchev–Trinajstić information content (AvgIpc) is 3.15. The summed E-state index contributed by atoms with van der Waals surface area (Å²) in [4.78, 5) is 12.0. The quantitative estimate of drug-likeness (QED) is 0.434. The van der Waals surface area contributed by atoms with Crippen molar-refractivity contribution in [2.24, 2.45) is 0 Å². The van der Waals surface area contributed by atoms with Gasteiger partial charge in [-0.2, -0.15) is 5.10 Å². The second kappa shape index (κ2) is 8.18. The Labute approximate surface area is 158 Å². The van der Waals surface area contributed by atoms with Gasteiger partial charge in [0.1, 0.15) is 19.0 Å². The summed E-state index contributed by atoms with van der Waals surface area (Å²) in [5.41, 5.74) is 1.35. The maximum absolute atomic E-state index is 12.0. The summed E-state index contributed by atoms with van der Waals surface area (Å²) < 4.78 is 13.2. The highest BCUT2D eigenvalue weighted by molar-refractivity contribution is 9.10. The second-order valence-electron chi connectivity index (χ2n) is 5.06. The average molecular weight is 422 g/mol. The number of aromatic nitrogens is 2. The van der Waals surface area contributed by atoms with Crippen molar-refractivity contribution >= 4 is 33.5 Å². The van der Waals surface area contributed by atoms with Crippen molar-refractivity contribution in [2.45, 2.75) is 0 Å². The summed E-state index contributed by atoms with van der Waals surface area (Å²) in [5, 5.41) is 4.75. The first kappa shape index (κ1) is 17.5. The lowest BCUT2D eigenvalue weighted by Crippen LogP contribution is -2.12. The molecule has 0 saturated heterocycles. The van der Waals surface area contributed by atoms with Crippen LogP contribution in [0.4, 0.5) is 0 Å². The molecule has 0 aliphatic heterocycles. The second-order valence-corrected chi connectivity index (χ2v) is 6.35. The molecule has 0 N–H and O–H groups in total. The standard InChI is InChI=1S/C18H14BrClN2O3/c19-16-12-14(20)4-7-17(16)24-10-11-25-18(23)13-2-5-15(6-3-13)22-9-1-8-21-22/h1-9,12H,10-11H2. The van der Waals surface area contributed by atoms with Crippen molar-refractivity contribution in [2.75, 3.05) is 13.2 Å². The minimum Gasteiger partial charge on any atom is -0.489 e. The van der Waals surface area contributed by atoms with Gasteiger partial charge in [0.2, 0.25) is 0 Å². The molecule has 3 rings (SSSR count). The molecule has 25 heavy (non-hydrogen) atoms. The van der Waals surface area contributed by atoms with Crippen LogP contribution in [-0.4, -0.2) is 29.0 Å². The van der Waals surface area contributed by atoms with Gasteiger partial charge in [0.15, 0.2) is 0 Å². The summed E-state index contributed by atoms with van der Waals surface area (Å²) in [7, 11) is 0. The van der Waals surface area contributed by atoms with Gasteiger partial charge in [-0.05, 0) is 64.5 Å². The lowest BCUT2D eigenvalue weighted by atomic mass is 10.2. The van der Waals surface area contributed by atoms with Gasteiger partial charge in [-0.25, -0.2) is 9.48 Å². The number of carbonyl (C=O) groups excluding carboxylic acids is 1. The van der Waals surface area contributed by atoms with Gasteiger partial charge in [0.05, 0.1) is 15.7 Å². The van der Waals surface area contributed by atoms with Crippen LogP contribution in [0.1, 0.15) is 10.4 Å². The van der Waals surface area contributed by atoms with Crippen LogP contribution in [0.25, 0.3) is 5.69 Å². The molecule has 0 fully saturated rings. The maximum atomic E-state index is 12.0. The Morgan fingerprint density at radius 2 is 1.96 bits per heavy atom. The normalized spacial score (nSPS) is 10.5. The van der Waals surface area contributed by atoms with E-state index >= 15 is 0 Å². The first-order valence-electron chi connectivity index (χ1n) is 7.48. The number of hydrogen-bond donors (Lipinski definition) is 0. The van der Waals surface area contributed by atoms with E-state index in [0.717, 1.165) is 10.2 Å². The minimum absolute atomic E-state index is 0.148. The van der Waals surface area contributed by atoms with Crippen LogP contribution in [0.15, 0.2) is 65.4 Å². The van der Waals surface area contributed by atoms with Crippen LogP contribution < -0.4 is 4.74 Å². The number of ether oxygens (including phenoxy) is 2. The van der Waals surface area contributed by atoms with Gasteiger partial charge in [-0.15, -0.1) is 0 Å². The van der Waals surface area contributed by atoms with Gasteiger partial charge in [-0.1, -0.05) is 11.6 Å². The van der Waals surface area contributed by atoms with E-state index in [0.29, 0.717) is 16.3 Å². The lowest BCUT2D eigenvalue weighted by Gasteiger charge is -2.09. The number of hydrogen-bond acceptors (Lipinski definition) is 4. The summed E-state index contributed by atoms with van der Waals surface area (Å²) in [5.74, 6) is 0.245. The largest absolute Gasteiger partial charge is 0.489 e. The molecule has 0 atom stereocenters. The van der Waals surface area contributed by atoms with E-state index in [1.165, 1.54) is 0 Å². The smallest absolute Gasteiger partial charge is 0.338 e. The van der Waals surface area contributed by atoms with Crippen molar-refractivity contribution < 1.29 is 14.3 Å². The Balaban J connectivity index is 1.49. The molecular formula is C18H14BrClN2O3. The van der Waals surface area contributed by atoms with Crippen LogP contribution in [0.3, 0.4) is 0 Å². The highest BCUT2D eigenvalue weighted by Gasteiger charge is 2.08. The highest BCUT2D eigenvalue weighted by atomic mass is 79.9. The lowest BCUT2D eigenvalue weighted by molar-refractivity contribution is 0.0450. The summed E-state index contributed by atoms with van der Waals surface area (Å²) >= 11 is 9.23. The minimum atomic E-state index is -0.397. The number of rotatable bonds is 6. The molecule has 128 valence electrons. The van der Waals surface area contributed by atoms with Crippen LogP contribution in [0.2, 0.25) is 5.02 Å². The summed E-state index contributed by atoms with van der Waals surface area (Å²) in [6.07, 6.45) is 3.53. The summed E-state index contributed by atoms with van der Waals surface area (Å²) in [6, 6.07) is 14.1. The molecule has 0 aliphatic carbocycles. The predicted octanol–water partition coefficient (Wildman–Crippen LogP) is 4.52. The van der Waals surface area contributed by atoms with E-state index < -0.39 is 5.97 Å². The molecule has 1 heterocycles. The van der Waals surface area contributed by atoms with E-state index in [-0.39, 0.29) is 13.2 Å². The Morgan fingerprint density at radius 3 is 2.64 bits per heavy atom. The van der Waals surface area contributed by atoms with Crippen molar-refractivity contribution in [1.82, 2.24) is 9.78 Å². The fraction of sp³-hybridized carbons (Fsp3) is 0.111. The topological polar surface area (TPSA) is 53.4 Å². The summed E-state index contributed by atoms with van der Waals surface area (Å²) in [6.45, 7) is 0.395. The molecule has 3 aromatic rings.